The fraction of sp³-hybridized carbons (Fsp3) is 0.759. The number of fused-ring (bicyclic) bond motifs is 1. The molecule has 0 aromatic heterocycles. The third-order valence-electron chi connectivity index (χ3n) is 9.22. The van der Waals surface area contributed by atoms with Gasteiger partial charge in [0.2, 0.25) is 5.82 Å². The van der Waals surface area contributed by atoms with Crippen LogP contribution < -0.4 is 4.74 Å². The Bertz CT molecular complexity index is 799. The molecule has 1 aromatic rings. The van der Waals surface area contributed by atoms with Crippen molar-refractivity contribution in [2.75, 3.05) is 0 Å². The van der Waals surface area contributed by atoms with Gasteiger partial charge in [0.25, 0.3) is 0 Å². The standard InChI is InChI=1S/C29H42F2O2/c1-3-4-5-7-20-11-13-21(14-12-20)22-15-16-24-23(18-22)8-6-9-25(24)29(32)33-26-17-10-19(2)27(30)28(26)31/h10,17,20-25H,3-9,11-16,18H2,1-2H3. The molecule has 184 valence electrons. The second-order valence-electron chi connectivity index (χ2n) is 11.2. The Morgan fingerprint density at radius 3 is 2.42 bits per heavy atom. The minimum Gasteiger partial charge on any atom is -0.423 e. The zero-order valence-corrected chi connectivity index (χ0v) is 20.6. The molecule has 0 bridgehead atoms. The van der Waals surface area contributed by atoms with Gasteiger partial charge in [-0.3, -0.25) is 4.79 Å². The number of rotatable bonds is 7. The zero-order chi connectivity index (χ0) is 23.4. The highest BCUT2D eigenvalue weighted by Gasteiger charge is 2.43. The molecule has 0 aliphatic heterocycles. The molecule has 0 amide bonds. The van der Waals surface area contributed by atoms with E-state index < -0.39 is 11.6 Å². The van der Waals surface area contributed by atoms with Crippen LogP contribution in [0.3, 0.4) is 0 Å². The van der Waals surface area contributed by atoms with Gasteiger partial charge in [-0.25, -0.2) is 4.39 Å². The average Bonchev–Trinajstić information content (AvgIpc) is 2.84. The Balaban J connectivity index is 1.30. The summed E-state index contributed by atoms with van der Waals surface area (Å²) in [5, 5.41) is 0. The van der Waals surface area contributed by atoms with Crippen molar-refractivity contribution in [2.24, 2.45) is 35.5 Å². The summed E-state index contributed by atoms with van der Waals surface area (Å²) in [4.78, 5) is 13.0. The molecule has 4 heteroatoms. The van der Waals surface area contributed by atoms with Crippen molar-refractivity contribution in [1.29, 1.82) is 0 Å². The zero-order valence-electron chi connectivity index (χ0n) is 20.6. The first-order chi connectivity index (χ1) is 16.0. The number of halogens is 2. The smallest absolute Gasteiger partial charge is 0.314 e. The van der Waals surface area contributed by atoms with Gasteiger partial charge in [0.05, 0.1) is 5.92 Å². The predicted molar refractivity (Wildman–Crippen MR) is 128 cm³/mol. The molecule has 2 nitrogen and oxygen atoms in total. The first-order valence-electron chi connectivity index (χ1n) is 13.6. The van der Waals surface area contributed by atoms with Gasteiger partial charge in [-0.05, 0) is 86.7 Å². The molecule has 0 saturated heterocycles. The number of benzene rings is 1. The Kier molecular flexibility index (Phi) is 8.46. The molecule has 0 radical (unpaired) electrons. The molecule has 3 fully saturated rings. The first-order valence-corrected chi connectivity index (χ1v) is 13.6. The maximum absolute atomic E-state index is 14.2. The van der Waals surface area contributed by atoms with Gasteiger partial charge in [0, 0.05) is 0 Å². The van der Waals surface area contributed by atoms with Gasteiger partial charge in [-0.15, -0.1) is 0 Å². The summed E-state index contributed by atoms with van der Waals surface area (Å²) in [6, 6.07) is 2.84. The molecule has 0 N–H and O–H groups in total. The molecule has 4 rings (SSSR count). The number of carbonyl (C=O) groups excluding carboxylic acids is 1. The van der Waals surface area contributed by atoms with Gasteiger partial charge < -0.3 is 4.74 Å². The van der Waals surface area contributed by atoms with Gasteiger partial charge in [-0.2, -0.15) is 4.39 Å². The highest BCUT2D eigenvalue weighted by Crippen LogP contribution is 2.50. The van der Waals surface area contributed by atoms with Crippen LogP contribution in [0.25, 0.3) is 0 Å². The largest absolute Gasteiger partial charge is 0.423 e. The molecule has 3 saturated carbocycles. The van der Waals surface area contributed by atoms with Crippen LogP contribution in [0.4, 0.5) is 8.78 Å². The van der Waals surface area contributed by atoms with Crippen LogP contribution >= 0.6 is 0 Å². The van der Waals surface area contributed by atoms with Crippen LogP contribution in [0.5, 0.6) is 5.75 Å². The van der Waals surface area contributed by atoms with Crippen LogP contribution in [-0.4, -0.2) is 5.97 Å². The summed E-state index contributed by atoms with van der Waals surface area (Å²) >= 11 is 0. The van der Waals surface area contributed by atoms with E-state index in [1.54, 1.807) is 0 Å². The van der Waals surface area contributed by atoms with E-state index in [-0.39, 0.29) is 23.2 Å². The fourth-order valence-corrected chi connectivity index (χ4v) is 7.24. The average molecular weight is 461 g/mol. The maximum atomic E-state index is 14.2. The normalized spacial score (nSPS) is 32.2. The molecule has 0 heterocycles. The van der Waals surface area contributed by atoms with E-state index in [0.717, 1.165) is 37.0 Å². The number of carbonyl (C=O) groups is 1. The first kappa shape index (κ1) is 24.7. The van der Waals surface area contributed by atoms with Crippen LogP contribution in [0, 0.1) is 54.1 Å². The number of esters is 1. The molecular weight excluding hydrogens is 418 g/mol. The van der Waals surface area contributed by atoms with Gasteiger partial charge in [0.15, 0.2) is 11.6 Å². The van der Waals surface area contributed by atoms with E-state index >= 15 is 0 Å². The lowest BCUT2D eigenvalue weighted by atomic mass is 9.59. The van der Waals surface area contributed by atoms with Crippen molar-refractivity contribution in [2.45, 2.75) is 104 Å². The van der Waals surface area contributed by atoms with E-state index in [2.05, 4.69) is 6.92 Å². The van der Waals surface area contributed by atoms with Crippen LogP contribution in [0.2, 0.25) is 0 Å². The number of hydrogen-bond donors (Lipinski definition) is 0. The number of hydrogen-bond acceptors (Lipinski definition) is 2. The van der Waals surface area contributed by atoms with Crippen LogP contribution in [-0.2, 0) is 4.79 Å². The van der Waals surface area contributed by atoms with Gasteiger partial charge >= 0.3 is 5.97 Å². The summed E-state index contributed by atoms with van der Waals surface area (Å²) in [6.45, 7) is 3.79. The van der Waals surface area contributed by atoms with Crippen molar-refractivity contribution in [3.05, 3.63) is 29.3 Å². The van der Waals surface area contributed by atoms with Crippen molar-refractivity contribution in [1.82, 2.24) is 0 Å². The second-order valence-corrected chi connectivity index (χ2v) is 11.2. The van der Waals surface area contributed by atoms with Crippen LogP contribution in [0.15, 0.2) is 12.1 Å². The second kappa shape index (κ2) is 11.3. The Morgan fingerprint density at radius 1 is 0.909 bits per heavy atom. The van der Waals surface area contributed by atoms with Crippen molar-refractivity contribution >= 4 is 5.97 Å². The molecule has 33 heavy (non-hydrogen) atoms. The quantitative estimate of drug-likeness (QED) is 0.232. The van der Waals surface area contributed by atoms with E-state index in [9.17, 15) is 13.6 Å². The lowest BCUT2D eigenvalue weighted by molar-refractivity contribution is -0.144. The minimum absolute atomic E-state index is 0.178. The molecular formula is C29H42F2O2. The molecule has 0 spiro atoms. The molecule has 4 atom stereocenters. The molecule has 3 aliphatic rings. The van der Waals surface area contributed by atoms with E-state index in [4.69, 9.17) is 4.74 Å². The third-order valence-corrected chi connectivity index (χ3v) is 9.22. The molecule has 3 aliphatic carbocycles. The summed E-state index contributed by atoms with van der Waals surface area (Å²) in [6.07, 6.45) is 17.7. The van der Waals surface area contributed by atoms with E-state index in [1.807, 2.05) is 0 Å². The molecule has 1 aromatic carbocycles. The summed E-state index contributed by atoms with van der Waals surface area (Å²) in [7, 11) is 0. The maximum Gasteiger partial charge on any atom is 0.314 e. The number of unbranched alkanes of at least 4 members (excludes halogenated alkanes) is 2. The SMILES string of the molecule is CCCCCC1CCC(C2CCC3C(CCCC3C(=O)Oc3ccc(C)c(F)c3F)C2)CC1. The molecule has 4 unspecified atom stereocenters. The lowest BCUT2D eigenvalue weighted by Gasteiger charge is -2.46. The third kappa shape index (κ3) is 5.80. The number of aryl methyl sites for hydroxylation is 1. The van der Waals surface area contributed by atoms with E-state index in [1.165, 1.54) is 89.7 Å². The fourth-order valence-electron chi connectivity index (χ4n) is 7.24. The van der Waals surface area contributed by atoms with Crippen molar-refractivity contribution in [3.8, 4) is 5.75 Å². The summed E-state index contributed by atoms with van der Waals surface area (Å²) in [5.74, 6) is 0.752. The van der Waals surface area contributed by atoms with Crippen molar-refractivity contribution < 1.29 is 18.3 Å². The Hall–Kier alpha value is -1.45. The number of ether oxygens (including phenoxy) is 1. The minimum atomic E-state index is -1.05. The highest BCUT2D eigenvalue weighted by molar-refractivity contribution is 5.75. The summed E-state index contributed by atoms with van der Waals surface area (Å²) in [5.41, 5.74) is 0.221. The van der Waals surface area contributed by atoms with Crippen molar-refractivity contribution in [3.63, 3.8) is 0 Å². The van der Waals surface area contributed by atoms with E-state index in [0.29, 0.717) is 11.8 Å². The highest BCUT2D eigenvalue weighted by atomic mass is 19.2. The van der Waals surface area contributed by atoms with Gasteiger partial charge in [-0.1, -0.05) is 64.4 Å². The Labute approximate surface area is 198 Å². The summed E-state index contributed by atoms with van der Waals surface area (Å²) < 4.78 is 33.6. The monoisotopic (exact) mass is 460 g/mol. The van der Waals surface area contributed by atoms with Gasteiger partial charge in [0.1, 0.15) is 0 Å². The predicted octanol–water partition coefficient (Wildman–Crippen LogP) is 8.40. The topological polar surface area (TPSA) is 26.3 Å². The van der Waals surface area contributed by atoms with Crippen LogP contribution in [0.1, 0.15) is 102 Å². The Morgan fingerprint density at radius 2 is 1.67 bits per heavy atom. The lowest BCUT2D eigenvalue weighted by Crippen LogP contribution is -2.40.